The number of fused-ring (bicyclic) bond motifs is 2. The fraction of sp³-hybridized carbons (Fsp3) is 0.312. The molecule has 24 heavy (non-hydrogen) atoms. The smallest absolute Gasteiger partial charge is 0.184 e. The van der Waals surface area contributed by atoms with Gasteiger partial charge in [0.1, 0.15) is 11.5 Å². The Morgan fingerprint density at radius 2 is 2.08 bits per heavy atom. The Morgan fingerprint density at radius 3 is 2.88 bits per heavy atom. The second kappa shape index (κ2) is 4.73. The summed E-state index contributed by atoms with van der Waals surface area (Å²) < 4.78 is 3.76. The van der Waals surface area contributed by atoms with Crippen LogP contribution >= 0.6 is 0 Å². The van der Waals surface area contributed by atoms with Gasteiger partial charge in [0.15, 0.2) is 17.0 Å². The third kappa shape index (κ3) is 2.03. The van der Waals surface area contributed by atoms with E-state index >= 15 is 0 Å². The lowest BCUT2D eigenvalue weighted by Gasteiger charge is -2.02. The van der Waals surface area contributed by atoms with Gasteiger partial charge in [0.2, 0.25) is 0 Å². The fourth-order valence-electron chi connectivity index (χ4n) is 2.96. The predicted octanol–water partition coefficient (Wildman–Crippen LogP) is 1.69. The summed E-state index contributed by atoms with van der Waals surface area (Å²) in [6.07, 6.45) is 6.24. The summed E-state index contributed by atoms with van der Waals surface area (Å²) in [5, 5.41) is 8.33. The molecule has 8 nitrogen and oxygen atoms in total. The lowest BCUT2D eigenvalue weighted by Crippen LogP contribution is -2.06. The Hall–Kier alpha value is -3.03. The van der Waals surface area contributed by atoms with Crippen molar-refractivity contribution in [1.29, 1.82) is 0 Å². The molecule has 2 N–H and O–H groups in total. The summed E-state index contributed by atoms with van der Waals surface area (Å²) >= 11 is 0. The molecule has 1 aliphatic rings. The van der Waals surface area contributed by atoms with Gasteiger partial charge in [-0.1, -0.05) is 11.3 Å². The average Bonchev–Trinajstić information content (AvgIpc) is 3.21. The number of aromatic nitrogens is 7. The first-order chi connectivity index (χ1) is 11.7. The molecular weight excluding hydrogens is 304 g/mol. The minimum Gasteiger partial charge on any atom is -0.382 e. The van der Waals surface area contributed by atoms with Gasteiger partial charge in [0.25, 0.3) is 0 Å². The van der Waals surface area contributed by atoms with Crippen LogP contribution in [0, 0.1) is 6.92 Å². The Bertz CT molecular complexity index is 1070. The van der Waals surface area contributed by atoms with Crippen LogP contribution in [0.1, 0.15) is 35.8 Å². The highest BCUT2D eigenvalue weighted by Crippen LogP contribution is 2.38. The van der Waals surface area contributed by atoms with Gasteiger partial charge >= 0.3 is 0 Å². The maximum Gasteiger partial charge on any atom is 0.184 e. The predicted molar refractivity (Wildman–Crippen MR) is 88.5 cm³/mol. The molecule has 0 amide bonds. The van der Waals surface area contributed by atoms with Crippen molar-refractivity contribution in [3.8, 4) is 0 Å². The molecule has 8 heteroatoms. The van der Waals surface area contributed by atoms with E-state index in [1.165, 1.54) is 0 Å². The van der Waals surface area contributed by atoms with Crippen molar-refractivity contribution < 1.29 is 0 Å². The minimum atomic E-state index is 0.402. The molecule has 1 aliphatic carbocycles. The van der Waals surface area contributed by atoms with Crippen molar-refractivity contribution in [3.05, 3.63) is 41.6 Å². The highest BCUT2D eigenvalue weighted by Gasteiger charge is 2.28. The van der Waals surface area contributed by atoms with Crippen molar-refractivity contribution in [2.75, 3.05) is 5.73 Å². The molecule has 1 fully saturated rings. The molecule has 4 heterocycles. The molecular formula is C16H16N8. The molecule has 4 aromatic heterocycles. The van der Waals surface area contributed by atoms with Crippen LogP contribution in [0.15, 0.2) is 24.5 Å². The minimum absolute atomic E-state index is 0.402. The van der Waals surface area contributed by atoms with Crippen molar-refractivity contribution in [1.82, 2.24) is 34.3 Å². The van der Waals surface area contributed by atoms with E-state index in [4.69, 9.17) is 5.73 Å². The van der Waals surface area contributed by atoms with E-state index < -0.39 is 0 Å². The number of hydrogen-bond donors (Lipinski definition) is 1. The van der Waals surface area contributed by atoms with Crippen LogP contribution in [0.4, 0.5) is 5.82 Å². The molecule has 0 bridgehead atoms. The summed E-state index contributed by atoms with van der Waals surface area (Å²) in [7, 11) is 0. The van der Waals surface area contributed by atoms with Gasteiger partial charge in [0.05, 0.1) is 12.2 Å². The number of hydrogen-bond acceptors (Lipinski definition) is 6. The van der Waals surface area contributed by atoms with E-state index in [2.05, 4.69) is 25.3 Å². The van der Waals surface area contributed by atoms with E-state index in [1.54, 1.807) is 4.68 Å². The summed E-state index contributed by atoms with van der Waals surface area (Å²) in [6, 6.07) is 4.06. The van der Waals surface area contributed by atoms with Crippen molar-refractivity contribution in [2.24, 2.45) is 0 Å². The molecule has 0 saturated heterocycles. The Labute approximate surface area is 137 Å². The maximum absolute atomic E-state index is 6.02. The highest BCUT2D eigenvalue weighted by molar-refractivity contribution is 5.80. The third-order valence-corrected chi connectivity index (χ3v) is 4.39. The SMILES string of the molecule is Cc1cccn2cc(Cn3nnc4c(N)nc(C5CC5)nc43)nc12. The second-order valence-electron chi connectivity index (χ2n) is 6.31. The number of pyridine rings is 1. The van der Waals surface area contributed by atoms with Gasteiger partial charge < -0.3 is 10.1 Å². The van der Waals surface area contributed by atoms with Gasteiger partial charge in [-0.15, -0.1) is 5.10 Å². The van der Waals surface area contributed by atoms with Crippen molar-refractivity contribution >= 4 is 22.6 Å². The van der Waals surface area contributed by atoms with E-state index in [0.717, 1.165) is 35.6 Å². The average molecular weight is 320 g/mol. The third-order valence-electron chi connectivity index (χ3n) is 4.39. The standard InChI is InChI=1S/C16H16N8/c1-9-3-2-6-23-7-11(18-15(9)23)8-24-16-12(21-22-24)13(17)19-14(20-16)10-4-5-10/h2-3,6-7,10H,4-5,8H2,1H3,(H2,17,19,20). The van der Waals surface area contributed by atoms with Crippen molar-refractivity contribution in [3.63, 3.8) is 0 Å². The molecule has 0 atom stereocenters. The summed E-state index contributed by atoms with van der Waals surface area (Å²) in [6.45, 7) is 2.55. The Morgan fingerprint density at radius 1 is 1.21 bits per heavy atom. The summed E-state index contributed by atoms with van der Waals surface area (Å²) in [5.74, 6) is 1.63. The number of nitrogen functional groups attached to an aromatic ring is 1. The van der Waals surface area contributed by atoms with Crippen LogP contribution in [0.5, 0.6) is 0 Å². The molecule has 0 spiro atoms. The van der Waals surface area contributed by atoms with Crippen LogP contribution in [-0.2, 0) is 6.54 Å². The number of rotatable bonds is 3. The molecule has 0 aliphatic heterocycles. The lowest BCUT2D eigenvalue weighted by molar-refractivity contribution is 0.653. The van der Waals surface area contributed by atoms with Crippen LogP contribution in [0.25, 0.3) is 16.8 Å². The number of anilines is 1. The van der Waals surface area contributed by atoms with E-state index in [-0.39, 0.29) is 0 Å². The summed E-state index contributed by atoms with van der Waals surface area (Å²) in [5.41, 5.74) is 10.2. The molecule has 0 aromatic carbocycles. The number of nitrogens with zero attached hydrogens (tertiary/aromatic N) is 7. The Balaban J connectivity index is 1.59. The van der Waals surface area contributed by atoms with Gasteiger partial charge in [-0.2, -0.15) is 0 Å². The molecule has 120 valence electrons. The monoisotopic (exact) mass is 320 g/mol. The first-order valence-corrected chi connectivity index (χ1v) is 7.99. The largest absolute Gasteiger partial charge is 0.382 e. The van der Waals surface area contributed by atoms with Crippen LogP contribution in [-0.4, -0.2) is 34.3 Å². The second-order valence-corrected chi connectivity index (χ2v) is 6.31. The molecule has 4 aromatic rings. The lowest BCUT2D eigenvalue weighted by atomic mass is 10.3. The van der Waals surface area contributed by atoms with Crippen molar-refractivity contribution in [2.45, 2.75) is 32.2 Å². The quantitative estimate of drug-likeness (QED) is 0.616. The molecule has 1 saturated carbocycles. The number of nitrogens with two attached hydrogens (primary N) is 1. The highest BCUT2D eigenvalue weighted by atomic mass is 15.4. The van der Waals surface area contributed by atoms with Gasteiger partial charge in [-0.25, -0.2) is 19.6 Å². The van der Waals surface area contributed by atoms with E-state index in [1.807, 2.05) is 35.9 Å². The van der Waals surface area contributed by atoms with E-state index in [9.17, 15) is 0 Å². The number of aryl methyl sites for hydroxylation is 1. The topological polar surface area (TPSA) is 99.8 Å². The van der Waals surface area contributed by atoms with Crippen LogP contribution in [0.2, 0.25) is 0 Å². The maximum atomic E-state index is 6.02. The summed E-state index contributed by atoms with van der Waals surface area (Å²) in [4.78, 5) is 13.7. The van der Waals surface area contributed by atoms with Crippen LogP contribution in [0.3, 0.4) is 0 Å². The van der Waals surface area contributed by atoms with Gasteiger partial charge in [0, 0.05) is 18.3 Å². The van der Waals surface area contributed by atoms with E-state index in [0.29, 0.717) is 29.4 Å². The molecule has 0 unspecified atom stereocenters. The van der Waals surface area contributed by atoms with Gasteiger partial charge in [-0.3, -0.25) is 0 Å². The zero-order valence-electron chi connectivity index (χ0n) is 13.2. The fourth-order valence-corrected chi connectivity index (χ4v) is 2.96. The van der Waals surface area contributed by atoms with Gasteiger partial charge in [-0.05, 0) is 31.4 Å². The molecule has 0 radical (unpaired) electrons. The zero-order valence-corrected chi connectivity index (χ0v) is 13.2. The zero-order chi connectivity index (χ0) is 16.3. The van der Waals surface area contributed by atoms with Crippen LogP contribution < -0.4 is 5.73 Å². The normalized spacial score (nSPS) is 14.7. The first-order valence-electron chi connectivity index (χ1n) is 7.99. The first kappa shape index (κ1) is 13.4. The number of imidazole rings is 1. The Kier molecular flexibility index (Phi) is 2.64. The molecule has 5 rings (SSSR count).